The molecule has 1 saturated heterocycles. The number of carbonyl (C=O) groups is 2. The third-order valence-electron chi connectivity index (χ3n) is 3.26. The lowest BCUT2D eigenvalue weighted by Crippen LogP contribution is -2.60. The van der Waals surface area contributed by atoms with E-state index in [2.05, 4.69) is 15.6 Å². The van der Waals surface area contributed by atoms with Crippen molar-refractivity contribution < 1.29 is 14.0 Å². The van der Waals surface area contributed by atoms with E-state index in [1.54, 1.807) is 25.1 Å². The number of rotatable bonds is 1. The number of H-pyrrole nitrogens is 1. The van der Waals surface area contributed by atoms with Crippen LogP contribution in [-0.4, -0.2) is 23.3 Å². The molecule has 1 aliphatic heterocycles. The Morgan fingerprint density at radius 3 is 2.74 bits per heavy atom. The van der Waals surface area contributed by atoms with Gasteiger partial charge in [0.15, 0.2) is 5.58 Å². The fourth-order valence-electron chi connectivity index (χ4n) is 2.15. The zero-order chi connectivity index (χ0) is 13.6. The van der Waals surface area contributed by atoms with Crippen LogP contribution in [-0.2, 0) is 15.1 Å². The second-order valence-electron chi connectivity index (χ2n) is 4.69. The minimum atomic E-state index is -0.727. The SMILES string of the molecule is CC1(c2ccc3[nH]c(=O)oc3c2)CNC(=O)C(=O)N1. The number of nitrogens with one attached hydrogen (secondary N) is 3. The Bertz CT molecular complexity index is 745. The molecule has 0 saturated carbocycles. The number of carbonyl (C=O) groups excluding carboxylic acids is 2. The van der Waals surface area contributed by atoms with Gasteiger partial charge >= 0.3 is 17.6 Å². The molecule has 1 aromatic carbocycles. The van der Waals surface area contributed by atoms with Crippen molar-refractivity contribution in [1.29, 1.82) is 0 Å². The smallest absolute Gasteiger partial charge is 0.408 e. The van der Waals surface area contributed by atoms with Gasteiger partial charge in [-0.25, -0.2) is 4.79 Å². The summed E-state index contributed by atoms with van der Waals surface area (Å²) in [6.07, 6.45) is 0. The molecule has 19 heavy (non-hydrogen) atoms. The Labute approximate surface area is 107 Å². The van der Waals surface area contributed by atoms with Gasteiger partial charge in [0.25, 0.3) is 0 Å². The summed E-state index contributed by atoms with van der Waals surface area (Å²) in [5.41, 5.74) is 1.02. The van der Waals surface area contributed by atoms with E-state index in [1.165, 1.54) is 0 Å². The first-order chi connectivity index (χ1) is 8.98. The lowest BCUT2D eigenvalue weighted by atomic mass is 9.90. The summed E-state index contributed by atoms with van der Waals surface area (Å²) in [6.45, 7) is 2.06. The van der Waals surface area contributed by atoms with Crippen molar-refractivity contribution in [1.82, 2.24) is 15.6 Å². The van der Waals surface area contributed by atoms with E-state index in [4.69, 9.17) is 4.42 Å². The van der Waals surface area contributed by atoms with Crippen LogP contribution >= 0.6 is 0 Å². The Balaban J connectivity index is 2.05. The van der Waals surface area contributed by atoms with Crippen LogP contribution in [0.1, 0.15) is 12.5 Å². The van der Waals surface area contributed by atoms with Crippen LogP contribution in [0.25, 0.3) is 11.1 Å². The van der Waals surface area contributed by atoms with Crippen molar-refractivity contribution in [3.8, 4) is 0 Å². The highest BCUT2D eigenvalue weighted by Crippen LogP contribution is 2.24. The first kappa shape index (κ1) is 11.5. The van der Waals surface area contributed by atoms with E-state index in [9.17, 15) is 14.4 Å². The second-order valence-corrected chi connectivity index (χ2v) is 4.69. The molecule has 1 fully saturated rings. The van der Waals surface area contributed by atoms with E-state index >= 15 is 0 Å². The third-order valence-corrected chi connectivity index (χ3v) is 3.26. The molecule has 0 aliphatic carbocycles. The second kappa shape index (κ2) is 3.71. The molecule has 0 radical (unpaired) electrons. The van der Waals surface area contributed by atoms with Crippen LogP contribution in [0.5, 0.6) is 0 Å². The molecule has 2 amide bonds. The highest BCUT2D eigenvalue weighted by molar-refractivity contribution is 6.35. The van der Waals surface area contributed by atoms with Crippen LogP contribution < -0.4 is 16.4 Å². The van der Waals surface area contributed by atoms with Gasteiger partial charge in [0.1, 0.15) is 0 Å². The van der Waals surface area contributed by atoms with Crippen LogP contribution in [0.3, 0.4) is 0 Å². The molecular weight excluding hydrogens is 250 g/mol. The summed E-state index contributed by atoms with van der Waals surface area (Å²) in [5.74, 6) is -1.85. The quantitative estimate of drug-likeness (QED) is 0.606. The summed E-state index contributed by atoms with van der Waals surface area (Å²) in [7, 11) is 0. The molecule has 0 bridgehead atoms. The molecule has 1 aromatic heterocycles. The summed E-state index contributed by atoms with van der Waals surface area (Å²) in [4.78, 5) is 36.2. The van der Waals surface area contributed by atoms with E-state index in [1.807, 2.05) is 0 Å². The highest BCUT2D eigenvalue weighted by Gasteiger charge is 2.36. The molecule has 98 valence electrons. The Kier molecular flexibility index (Phi) is 2.25. The summed E-state index contributed by atoms with van der Waals surface area (Å²) in [5, 5.41) is 5.17. The topological polar surface area (TPSA) is 104 Å². The maximum absolute atomic E-state index is 11.4. The van der Waals surface area contributed by atoms with Crippen molar-refractivity contribution >= 4 is 22.9 Å². The van der Waals surface area contributed by atoms with E-state index in [0.717, 1.165) is 5.56 Å². The van der Waals surface area contributed by atoms with Gasteiger partial charge < -0.3 is 15.1 Å². The minimum absolute atomic E-state index is 0.276. The number of fused-ring (bicyclic) bond motifs is 1. The predicted molar refractivity (Wildman–Crippen MR) is 65.3 cm³/mol. The van der Waals surface area contributed by atoms with E-state index in [0.29, 0.717) is 11.1 Å². The Morgan fingerprint density at radius 2 is 2.00 bits per heavy atom. The van der Waals surface area contributed by atoms with Gasteiger partial charge in [-0.05, 0) is 24.6 Å². The van der Waals surface area contributed by atoms with E-state index < -0.39 is 23.1 Å². The molecule has 2 aromatic rings. The van der Waals surface area contributed by atoms with E-state index in [-0.39, 0.29) is 6.54 Å². The largest absolute Gasteiger partial charge is 0.417 e. The predicted octanol–water partition coefficient (Wildman–Crippen LogP) is -0.418. The zero-order valence-corrected chi connectivity index (χ0v) is 10.1. The third kappa shape index (κ3) is 1.79. The zero-order valence-electron chi connectivity index (χ0n) is 10.1. The average molecular weight is 261 g/mol. The number of hydrogen-bond acceptors (Lipinski definition) is 4. The normalized spacial score (nSPS) is 23.2. The first-order valence-corrected chi connectivity index (χ1v) is 5.72. The monoisotopic (exact) mass is 261 g/mol. The maximum Gasteiger partial charge on any atom is 0.417 e. The molecular formula is C12H11N3O4. The fraction of sp³-hybridized carbons (Fsp3) is 0.250. The van der Waals surface area contributed by atoms with Gasteiger partial charge in [0.2, 0.25) is 0 Å². The van der Waals surface area contributed by atoms with Crippen molar-refractivity contribution in [2.75, 3.05) is 6.54 Å². The maximum atomic E-state index is 11.4. The van der Waals surface area contributed by atoms with Crippen molar-refractivity contribution in [3.63, 3.8) is 0 Å². The van der Waals surface area contributed by atoms with Gasteiger partial charge in [0.05, 0.1) is 11.1 Å². The van der Waals surface area contributed by atoms with Gasteiger partial charge in [-0.1, -0.05) is 6.07 Å². The molecule has 1 aliphatic rings. The van der Waals surface area contributed by atoms with Crippen molar-refractivity contribution in [3.05, 3.63) is 34.3 Å². The first-order valence-electron chi connectivity index (χ1n) is 5.72. The summed E-state index contributed by atoms with van der Waals surface area (Å²) >= 11 is 0. The number of amides is 2. The van der Waals surface area contributed by atoms with Gasteiger partial charge in [-0.3, -0.25) is 14.6 Å². The van der Waals surface area contributed by atoms with Crippen LogP contribution in [0.15, 0.2) is 27.4 Å². The van der Waals surface area contributed by atoms with Gasteiger partial charge in [-0.15, -0.1) is 0 Å². The van der Waals surface area contributed by atoms with Crippen LogP contribution in [0.2, 0.25) is 0 Å². The van der Waals surface area contributed by atoms with Crippen LogP contribution in [0, 0.1) is 0 Å². The summed E-state index contributed by atoms with van der Waals surface area (Å²) < 4.78 is 4.98. The molecule has 2 heterocycles. The minimum Gasteiger partial charge on any atom is -0.408 e. The highest BCUT2D eigenvalue weighted by atomic mass is 16.4. The van der Waals surface area contributed by atoms with Crippen LogP contribution in [0.4, 0.5) is 0 Å². The lowest BCUT2D eigenvalue weighted by molar-refractivity contribution is -0.142. The molecule has 7 nitrogen and oxygen atoms in total. The Morgan fingerprint density at radius 1 is 1.21 bits per heavy atom. The molecule has 1 unspecified atom stereocenters. The molecule has 3 N–H and O–H groups in total. The van der Waals surface area contributed by atoms with Crippen molar-refractivity contribution in [2.24, 2.45) is 0 Å². The average Bonchev–Trinajstić information content (AvgIpc) is 2.73. The molecule has 3 rings (SSSR count). The Hall–Kier alpha value is -2.57. The fourth-order valence-corrected chi connectivity index (χ4v) is 2.15. The molecule has 0 spiro atoms. The van der Waals surface area contributed by atoms with Crippen molar-refractivity contribution in [2.45, 2.75) is 12.5 Å². The van der Waals surface area contributed by atoms with Gasteiger partial charge in [-0.2, -0.15) is 0 Å². The number of hydrogen-bond donors (Lipinski definition) is 3. The molecule has 7 heteroatoms. The number of aromatic amines is 1. The standard InChI is InChI=1S/C12H11N3O4/c1-12(5-13-9(16)10(17)15-12)6-2-3-7-8(4-6)19-11(18)14-7/h2-4H,5H2,1H3,(H,13,16)(H,14,18)(H,15,17). The molecule has 1 atom stereocenters. The summed E-state index contributed by atoms with van der Waals surface area (Å²) in [6, 6.07) is 5.14. The number of piperazine rings is 1. The number of oxazole rings is 1. The lowest BCUT2D eigenvalue weighted by Gasteiger charge is -2.34. The van der Waals surface area contributed by atoms with Gasteiger partial charge in [0, 0.05) is 6.54 Å². The number of benzene rings is 1. The number of aromatic nitrogens is 1.